The van der Waals surface area contributed by atoms with Gasteiger partial charge in [-0.15, -0.1) is 0 Å². The number of ether oxygens (including phenoxy) is 1. The predicted octanol–water partition coefficient (Wildman–Crippen LogP) is 0.981. The lowest BCUT2D eigenvalue weighted by molar-refractivity contribution is -0.135. The smallest absolute Gasteiger partial charge is 0.246 e. The maximum atomic E-state index is 11.5. The Balaban J connectivity index is 1.54. The molecule has 0 radical (unpaired) electrons. The summed E-state index contributed by atoms with van der Waals surface area (Å²) in [5.41, 5.74) is 1.35. The summed E-state index contributed by atoms with van der Waals surface area (Å²) in [6, 6.07) is 0. The summed E-state index contributed by atoms with van der Waals surface area (Å²) >= 11 is 0. The van der Waals surface area contributed by atoms with Gasteiger partial charge < -0.3 is 15.4 Å². The number of carbonyl (C=O) groups is 1. The van der Waals surface area contributed by atoms with Crippen molar-refractivity contribution in [2.24, 2.45) is 0 Å². The normalized spacial score (nSPS) is 21.8. The van der Waals surface area contributed by atoms with E-state index < -0.39 is 0 Å². The van der Waals surface area contributed by atoms with E-state index in [1.165, 1.54) is 24.8 Å². The molecule has 1 amide bonds. The lowest BCUT2D eigenvalue weighted by Crippen LogP contribution is -2.59. The van der Waals surface area contributed by atoms with Crippen LogP contribution in [0.1, 0.15) is 32.6 Å². The molecule has 2 N–H and O–H groups in total. The molecule has 0 spiro atoms. The summed E-state index contributed by atoms with van der Waals surface area (Å²) in [5, 5.41) is 6.05. The first-order valence-electron chi connectivity index (χ1n) is 6.47. The summed E-state index contributed by atoms with van der Waals surface area (Å²) in [5.74, 6) is -0.00304. The molecule has 1 fully saturated rings. The maximum absolute atomic E-state index is 11.5. The van der Waals surface area contributed by atoms with Gasteiger partial charge in [-0.25, -0.2) is 0 Å². The Morgan fingerprint density at radius 2 is 2.41 bits per heavy atom. The first kappa shape index (κ1) is 12.6. The molecule has 0 aromatic rings. The Morgan fingerprint density at radius 1 is 1.59 bits per heavy atom. The minimum Gasteiger partial charge on any atom is -0.363 e. The highest BCUT2D eigenvalue weighted by Gasteiger charge is 2.32. The molecule has 2 rings (SSSR count). The molecule has 2 aliphatic rings. The van der Waals surface area contributed by atoms with E-state index >= 15 is 0 Å². The molecule has 1 heterocycles. The van der Waals surface area contributed by atoms with E-state index in [9.17, 15) is 4.79 Å². The Kier molecular flexibility index (Phi) is 4.18. The average molecular weight is 238 g/mol. The van der Waals surface area contributed by atoms with Crippen molar-refractivity contribution in [1.29, 1.82) is 0 Å². The lowest BCUT2D eigenvalue weighted by atomic mass is 10.0. The number of carbonyl (C=O) groups excluding carboxylic acids is 1. The second-order valence-corrected chi connectivity index (χ2v) is 5.20. The molecule has 0 bridgehead atoms. The summed E-state index contributed by atoms with van der Waals surface area (Å²) in [7, 11) is 0. The highest BCUT2D eigenvalue weighted by atomic mass is 16.5. The average Bonchev–Trinajstić information content (AvgIpc) is 2.77. The van der Waals surface area contributed by atoms with E-state index in [0.717, 1.165) is 26.1 Å². The first-order chi connectivity index (χ1) is 8.18. The van der Waals surface area contributed by atoms with Gasteiger partial charge in [0.2, 0.25) is 5.91 Å². The topological polar surface area (TPSA) is 50.4 Å². The molecule has 4 heteroatoms. The number of amides is 1. The third-order valence-corrected chi connectivity index (χ3v) is 3.45. The molecule has 1 aliphatic heterocycles. The van der Waals surface area contributed by atoms with E-state index in [4.69, 9.17) is 4.74 Å². The second-order valence-electron chi connectivity index (χ2n) is 5.20. The molecule has 1 saturated heterocycles. The molecular weight excluding hydrogens is 216 g/mol. The zero-order chi connectivity index (χ0) is 12.1. The van der Waals surface area contributed by atoms with Crippen LogP contribution >= 0.6 is 0 Å². The van der Waals surface area contributed by atoms with Crippen LogP contribution in [0, 0.1) is 0 Å². The zero-order valence-corrected chi connectivity index (χ0v) is 10.6. The third kappa shape index (κ3) is 3.82. The highest BCUT2D eigenvalue weighted by molar-refractivity contribution is 5.77. The fourth-order valence-electron chi connectivity index (χ4n) is 2.20. The number of rotatable bonds is 6. The molecule has 17 heavy (non-hydrogen) atoms. The van der Waals surface area contributed by atoms with Crippen molar-refractivity contribution in [3.8, 4) is 0 Å². The van der Waals surface area contributed by atoms with Gasteiger partial charge in [-0.3, -0.25) is 4.79 Å². The Hall–Kier alpha value is -0.870. The van der Waals surface area contributed by atoms with Gasteiger partial charge >= 0.3 is 0 Å². The molecule has 0 unspecified atom stereocenters. The molecule has 0 atom stereocenters. The van der Waals surface area contributed by atoms with Crippen LogP contribution in [0.2, 0.25) is 0 Å². The lowest BCUT2D eigenvalue weighted by Gasteiger charge is -2.38. The van der Waals surface area contributed by atoms with Crippen LogP contribution in [0.4, 0.5) is 0 Å². The van der Waals surface area contributed by atoms with E-state index in [1.807, 2.05) is 6.92 Å². The second kappa shape index (κ2) is 5.65. The number of allylic oxidation sites excluding steroid dienone is 1. The maximum Gasteiger partial charge on any atom is 0.246 e. The summed E-state index contributed by atoms with van der Waals surface area (Å²) in [6.07, 6.45) is 6.97. The van der Waals surface area contributed by atoms with Crippen molar-refractivity contribution in [1.82, 2.24) is 10.6 Å². The van der Waals surface area contributed by atoms with Gasteiger partial charge in [0.15, 0.2) is 0 Å². The van der Waals surface area contributed by atoms with Gasteiger partial charge in [0.05, 0.1) is 5.60 Å². The van der Waals surface area contributed by atoms with Crippen molar-refractivity contribution >= 4 is 5.91 Å². The van der Waals surface area contributed by atoms with E-state index in [-0.39, 0.29) is 18.1 Å². The van der Waals surface area contributed by atoms with Crippen molar-refractivity contribution in [2.45, 2.75) is 38.2 Å². The monoisotopic (exact) mass is 238 g/mol. The predicted molar refractivity (Wildman–Crippen MR) is 66.8 cm³/mol. The van der Waals surface area contributed by atoms with Gasteiger partial charge in [-0.1, -0.05) is 11.6 Å². The fraction of sp³-hybridized carbons (Fsp3) is 0.769. The summed E-state index contributed by atoms with van der Waals surface area (Å²) < 4.78 is 5.56. The standard InChI is InChI=1S/C13H22N2O2/c1-13(9-14-10-13)17-8-12(16)15-7-6-11-4-2-3-5-11/h4,14H,2-3,5-10H2,1H3,(H,15,16). The van der Waals surface area contributed by atoms with E-state index in [2.05, 4.69) is 16.7 Å². The van der Waals surface area contributed by atoms with Crippen LogP contribution in [0.15, 0.2) is 11.6 Å². The van der Waals surface area contributed by atoms with Gasteiger partial charge in [-0.2, -0.15) is 0 Å². The molecule has 1 aliphatic carbocycles. The van der Waals surface area contributed by atoms with Crippen LogP contribution < -0.4 is 10.6 Å². The molecule has 96 valence electrons. The molecular formula is C13H22N2O2. The van der Waals surface area contributed by atoms with Crippen LogP contribution in [-0.4, -0.2) is 37.7 Å². The minimum absolute atomic E-state index is 0.00304. The Morgan fingerprint density at radius 3 is 3.00 bits per heavy atom. The zero-order valence-electron chi connectivity index (χ0n) is 10.6. The molecule has 0 saturated carbocycles. The number of hydrogen-bond donors (Lipinski definition) is 2. The highest BCUT2D eigenvalue weighted by Crippen LogP contribution is 2.19. The van der Waals surface area contributed by atoms with E-state index in [1.54, 1.807) is 0 Å². The van der Waals surface area contributed by atoms with Crippen LogP contribution in [0.5, 0.6) is 0 Å². The van der Waals surface area contributed by atoms with Gasteiger partial charge in [0.25, 0.3) is 0 Å². The molecule has 0 aromatic heterocycles. The van der Waals surface area contributed by atoms with E-state index in [0.29, 0.717) is 0 Å². The third-order valence-electron chi connectivity index (χ3n) is 3.45. The Labute approximate surface area is 103 Å². The quantitative estimate of drug-likeness (QED) is 0.678. The number of nitrogens with one attached hydrogen (secondary N) is 2. The van der Waals surface area contributed by atoms with Crippen molar-refractivity contribution < 1.29 is 9.53 Å². The summed E-state index contributed by atoms with van der Waals surface area (Å²) in [6.45, 7) is 4.63. The number of hydrogen-bond acceptors (Lipinski definition) is 3. The largest absolute Gasteiger partial charge is 0.363 e. The van der Waals surface area contributed by atoms with Gasteiger partial charge in [0, 0.05) is 19.6 Å². The Bertz CT molecular complexity index is 309. The summed E-state index contributed by atoms with van der Waals surface area (Å²) in [4.78, 5) is 11.5. The van der Waals surface area contributed by atoms with Crippen LogP contribution in [0.25, 0.3) is 0 Å². The fourth-order valence-corrected chi connectivity index (χ4v) is 2.20. The van der Waals surface area contributed by atoms with Gasteiger partial charge in [0.1, 0.15) is 6.61 Å². The van der Waals surface area contributed by atoms with Crippen molar-refractivity contribution in [2.75, 3.05) is 26.2 Å². The van der Waals surface area contributed by atoms with Crippen molar-refractivity contribution in [3.63, 3.8) is 0 Å². The molecule has 4 nitrogen and oxygen atoms in total. The van der Waals surface area contributed by atoms with Gasteiger partial charge in [-0.05, 0) is 32.6 Å². The van der Waals surface area contributed by atoms with Crippen molar-refractivity contribution in [3.05, 3.63) is 11.6 Å². The van der Waals surface area contributed by atoms with Crippen LogP contribution in [0.3, 0.4) is 0 Å². The minimum atomic E-state index is -0.134. The molecule has 0 aromatic carbocycles. The van der Waals surface area contributed by atoms with Crippen LogP contribution in [-0.2, 0) is 9.53 Å². The first-order valence-corrected chi connectivity index (χ1v) is 6.47. The SMILES string of the molecule is CC1(OCC(=O)NCCC2=CCCC2)CNC1.